The van der Waals surface area contributed by atoms with E-state index in [1.807, 2.05) is 39.1 Å². The summed E-state index contributed by atoms with van der Waals surface area (Å²) >= 11 is 6.36. The van der Waals surface area contributed by atoms with Crippen molar-refractivity contribution in [2.75, 3.05) is 38.2 Å². The minimum atomic E-state index is -0.165. The Hall–Kier alpha value is -3.21. The van der Waals surface area contributed by atoms with Crippen molar-refractivity contribution in [3.05, 3.63) is 47.5 Å². The molecule has 1 aromatic carbocycles. The summed E-state index contributed by atoms with van der Waals surface area (Å²) in [4.78, 5) is 11.6. The second kappa shape index (κ2) is 15.1. The SMILES string of the molecule is CC(C)C(=N)/C(=C\N[C@H]1CC[C@H](N2CCOCC2)CC1)Nc1ncc(-c2ccc(Cl)c(O[C@@H](C)CNC=N)c2)cn1. The average molecular weight is 583 g/mol. The predicted molar refractivity (Wildman–Crippen MR) is 165 cm³/mol. The van der Waals surface area contributed by atoms with Crippen LogP contribution in [0.1, 0.15) is 46.5 Å². The van der Waals surface area contributed by atoms with Gasteiger partial charge in [-0.25, -0.2) is 9.97 Å². The van der Waals surface area contributed by atoms with Crippen molar-refractivity contribution >= 4 is 29.6 Å². The maximum atomic E-state index is 8.66. The highest BCUT2D eigenvalue weighted by atomic mass is 35.5. The van der Waals surface area contributed by atoms with Gasteiger partial charge in [-0.1, -0.05) is 31.5 Å². The molecule has 2 fully saturated rings. The molecule has 4 rings (SSSR count). The Morgan fingerprint density at radius 2 is 1.83 bits per heavy atom. The first kappa shape index (κ1) is 30.7. The van der Waals surface area contributed by atoms with E-state index in [1.54, 1.807) is 18.5 Å². The molecule has 1 aliphatic heterocycles. The minimum Gasteiger partial charge on any atom is -0.487 e. The van der Waals surface area contributed by atoms with Crippen molar-refractivity contribution < 1.29 is 9.47 Å². The Balaban J connectivity index is 1.38. The summed E-state index contributed by atoms with van der Waals surface area (Å²) in [6.45, 7) is 10.2. The normalized spacial score (nSPS) is 20.8. The van der Waals surface area contributed by atoms with Gasteiger partial charge in [-0.15, -0.1) is 0 Å². The van der Waals surface area contributed by atoms with Crippen LogP contribution in [0.5, 0.6) is 5.75 Å². The molecule has 0 radical (unpaired) electrons. The van der Waals surface area contributed by atoms with Gasteiger partial charge in [-0.2, -0.15) is 0 Å². The van der Waals surface area contributed by atoms with E-state index in [0.29, 0.717) is 46.8 Å². The summed E-state index contributed by atoms with van der Waals surface area (Å²) in [6, 6.07) is 6.60. The molecule has 10 nitrogen and oxygen atoms in total. The standard InChI is InChI=1S/C30H43ClN8O2/c1-20(2)29(33)27(18-35-24-5-7-25(8-6-24)39-10-12-40-13-11-39)38-30-36-16-23(17-37-30)22-4-9-26(31)28(14-22)41-21(3)15-34-19-32/h4,9,14,16-21,24-25,33,35H,5-8,10-13,15H2,1-3H3,(H2,32,34)(H,36,37,38)/b27-18+,33-29?/t21-,24-,25-/m0/s1. The van der Waals surface area contributed by atoms with Crippen molar-refractivity contribution in [1.82, 2.24) is 25.5 Å². The molecule has 1 saturated heterocycles. The second-order valence-corrected chi connectivity index (χ2v) is 11.4. The first-order valence-electron chi connectivity index (χ1n) is 14.5. The summed E-state index contributed by atoms with van der Waals surface area (Å²) < 4.78 is 11.5. The number of nitrogens with one attached hydrogen (secondary N) is 5. The molecule has 1 aromatic heterocycles. The van der Waals surface area contributed by atoms with E-state index in [1.165, 1.54) is 12.8 Å². The first-order chi connectivity index (χ1) is 19.8. The Morgan fingerprint density at radius 3 is 2.49 bits per heavy atom. The van der Waals surface area contributed by atoms with E-state index >= 15 is 0 Å². The first-order valence-corrected chi connectivity index (χ1v) is 14.9. The van der Waals surface area contributed by atoms with Gasteiger partial charge in [0.05, 0.1) is 42.5 Å². The van der Waals surface area contributed by atoms with Crippen LogP contribution in [0.2, 0.25) is 5.02 Å². The number of hydrogen-bond donors (Lipinski definition) is 5. The summed E-state index contributed by atoms with van der Waals surface area (Å²) in [5.41, 5.74) is 2.88. The Morgan fingerprint density at radius 1 is 1.12 bits per heavy atom. The Bertz CT molecular complexity index is 1180. The van der Waals surface area contributed by atoms with Gasteiger partial charge in [-0.3, -0.25) is 10.3 Å². The van der Waals surface area contributed by atoms with Gasteiger partial charge in [0, 0.05) is 49.3 Å². The molecule has 1 saturated carbocycles. The smallest absolute Gasteiger partial charge is 0.227 e. The van der Waals surface area contributed by atoms with Crippen molar-refractivity contribution in [3.8, 4) is 16.9 Å². The molecule has 0 unspecified atom stereocenters. The topological polar surface area (TPSA) is 131 Å². The number of halogens is 1. The van der Waals surface area contributed by atoms with Crippen LogP contribution >= 0.6 is 11.6 Å². The molecule has 2 aromatic rings. The summed E-state index contributed by atoms with van der Waals surface area (Å²) in [6.07, 6.45) is 11.0. The summed E-state index contributed by atoms with van der Waals surface area (Å²) in [7, 11) is 0. The van der Waals surface area contributed by atoms with E-state index in [9.17, 15) is 0 Å². The summed E-state index contributed by atoms with van der Waals surface area (Å²) in [5, 5.41) is 26.0. The third-order valence-corrected chi connectivity index (χ3v) is 7.90. The van der Waals surface area contributed by atoms with Crippen molar-refractivity contribution in [1.29, 1.82) is 10.8 Å². The number of allylic oxidation sites excluding steroid dienone is 1. The highest BCUT2D eigenvalue weighted by Crippen LogP contribution is 2.31. The van der Waals surface area contributed by atoms with Gasteiger partial charge < -0.3 is 30.8 Å². The van der Waals surface area contributed by atoms with Crippen molar-refractivity contribution in [2.24, 2.45) is 5.92 Å². The molecule has 0 spiro atoms. The number of aromatic nitrogens is 2. The van der Waals surface area contributed by atoms with Gasteiger partial charge in [0.25, 0.3) is 0 Å². The zero-order valence-electron chi connectivity index (χ0n) is 24.3. The van der Waals surface area contributed by atoms with Crippen molar-refractivity contribution in [3.63, 3.8) is 0 Å². The molecule has 5 N–H and O–H groups in total. The van der Waals surface area contributed by atoms with Gasteiger partial charge >= 0.3 is 0 Å². The molecule has 0 amide bonds. The number of ether oxygens (including phenoxy) is 2. The largest absolute Gasteiger partial charge is 0.487 e. The van der Waals surface area contributed by atoms with Crippen LogP contribution in [0, 0.1) is 16.7 Å². The van der Waals surface area contributed by atoms with Crippen LogP contribution in [0.15, 0.2) is 42.5 Å². The van der Waals surface area contributed by atoms with E-state index in [-0.39, 0.29) is 12.0 Å². The fourth-order valence-electron chi connectivity index (χ4n) is 5.16. The number of anilines is 1. The van der Waals surface area contributed by atoms with Crippen LogP contribution in [-0.4, -0.2) is 78.0 Å². The molecule has 11 heteroatoms. The van der Waals surface area contributed by atoms with Gasteiger partial charge in [-0.05, 0) is 56.2 Å². The Labute approximate surface area is 248 Å². The van der Waals surface area contributed by atoms with Gasteiger partial charge in [0.2, 0.25) is 5.95 Å². The molecule has 2 heterocycles. The van der Waals surface area contributed by atoms with E-state index in [4.69, 9.17) is 31.9 Å². The third-order valence-electron chi connectivity index (χ3n) is 7.59. The highest BCUT2D eigenvalue weighted by molar-refractivity contribution is 6.32. The molecule has 222 valence electrons. The second-order valence-electron chi connectivity index (χ2n) is 11.0. The zero-order valence-corrected chi connectivity index (χ0v) is 25.0. The lowest BCUT2D eigenvalue weighted by atomic mass is 9.90. The summed E-state index contributed by atoms with van der Waals surface area (Å²) in [5.74, 6) is 1.04. The van der Waals surface area contributed by atoms with E-state index < -0.39 is 0 Å². The zero-order chi connectivity index (χ0) is 29.2. The number of nitrogens with zero attached hydrogens (tertiary/aromatic N) is 3. The number of rotatable bonds is 13. The maximum Gasteiger partial charge on any atom is 0.227 e. The number of morpholine rings is 1. The van der Waals surface area contributed by atoms with Gasteiger partial charge in [0.1, 0.15) is 11.9 Å². The van der Waals surface area contributed by atoms with E-state index in [2.05, 4.69) is 30.8 Å². The molecule has 1 atom stereocenters. The molecule has 41 heavy (non-hydrogen) atoms. The third kappa shape index (κ3) is 8.89. The van der Waals surface area contributed by atoms with Crippen LogP contribution in [0.25, 0.3) is 11.1 Å². The fourth-order valence-corrected chi connectivity index (χ4v) is 5.32. The molecular weight excluding hydrogens is 540 g/mol. The van der Waals surface area contributed by atoms with Gasteiger partial charge in [0.15, 0.2) is 0 Å². The highest BCUT2D eigenvalue weighted by Gasteiger charge is 2.26. The molecular formula is C30H43ClN8O2. The lowest BCUT2D eigenvalue weighted by molar-refractivity contribution is 0.00690. The Kier molecular flexibility index (Phi) is 11.4. The average Bonchev–Trinajstić information content (AvgIpc) is 3.00. The monoisotopic (exact) mass is 582 g/mol. The molecule has 1 aliphatic carbocycles. The lowest BCUT2D eigenvalue weighted by Crippen LogP contribution is -2.46. The lowest BCUT2D eigenvalue weighted by Gasteiger charge is -2.38. The maximum absolute atomic E-state index is 8.66. The van der Waals surface area contributed by atoms with Crippen LogP contribution in [0.4, 0.5) is 5.95 Å². The van der Waals surface area contributed by atoms with Crippen LogP contribution < -0.4 is 20.7 Å². The molecule has 2 aliphatic rings. The fraction of sp³-hybridized carbons (Fsp3) is 0.533. The van der Waals surface area contributed by atoms with Crippen LogP contribution in [-0.2, 0) is 4.74 Å². The minimum absolute atomic E-state index is 0.0518. The quantitative estimate of drug-likeness (QED) is 0.166. The van der Waals surface area contributed by atoms with E-state index in [0.717, 1.165) is 56.6 Å². The number of hydrogen-bond acceptors (Lipinski definition) is 9. The van der Waals surface area contributed by atoms with Crippen molar-refractivity contribution in [2.45, 2.75) is 64.6 Å². The number of benzene rings is 1. The van der Waals surface area contributed by atoms with Crippen LogP contribution in [0.3, 0.4) is 0 Å². The molecule has 0 bridgehead atoms. The predicted octanol–water partition coefficient (Wildman–Crippen LogP) is 4.92.